The number of rotatable bonds is 5. The summed E-state index contributed by atoms with van der Waals surface area (Å²) in [5, 5.41) is 6.25. The third-order valence-electron chi connectivity index (χ3n) is 8.01. The Morgan fingerprint density at radius 1 is 0.943 bits per heavy atom. The summed E-state index contributed by atoms with van der Waals surface area (Å²) in [6.45, 7) is 8.28. The summed E-state index contributed by atoms with van der Waals surface area (Å²) in [7, 11) is 0. The average molecular weight is 473 g/mol. The van der Waals surface area contributed by atoms with Crippen LogP contribution in [0.5, 0.6) is 0 Å². The molecule has 0 atom stereocenters. The fraction of sp³-hybridized carbons (Fsp3) is 0.481. The number of morpholine rings is 1. The van der Waals surface area contributed by atoms with Crippen LogP contribution in [-0.2, 0) is 16.0 Å². The van der Waals surface area contributed by atoms with Gasteiger partial charge in [0.2, 0.25) is 0 Å². The van der Waals surface area contributed by atoms with E-state index in [0.717, 1.165) is 105 Å². The van der Waals surface area contributed by atoms with Crippen molar-refractivity contribution in [1.29, 1.82) is 0 Å². The SMILES string of the molecule is c1cc(-c2cc(N3CCOCC3)n3nc(CN4CCC(C5COC5)CC4)cc3n2)c2cc[nH]c2c1. The number of benzene rings is 1. The molecule has 0 saturated carbocycles. The van der Waals surface area contributed by atoms with Crippen LogP contribution >= 0.6 is 0 Å². The van der Waals surface area contributed by atoms with Crippen LogP contribution in [0.15, 0.2) is 42.6 Å². The molecule has 8 nitrogen and oxygen atoms in total. The molecular weight excluding hydrogens is 440 g/mol. The molecule has 0 radical (unpaired) electrons. The summed E-state index contributed by atoms with van der Waals surface area (Å²) >= 11 is 0. The smallest absolute Gasteiger partial charge is 0.158 e. The predicted molar refractivity (Wildman–Crippen MR) is 136 cm³/mol. The van der Waals surface area contributed by atoms with Gasteiger partial charge in [-0.3, -0.25) is 4.90 Å². The summed E-state index contributed by atoms with van der Waals surface area (Å²) in [6, 6.07) is 12.9. The molecule has 35 heavy (non-hydrogen) atoms. The van der Waals surface area contributed by atoms with Crippen molar-refractivity contribution in [3.63, 3.8) is 0 Å². The van der Waals surface area contributed by atoms with Gasteiger partial charge in [-0.15, -0.1) is 0 Å². The first-order chi connectivity index (χ1) is 17.3. The highest BCUT2D eigenvalue weighted by atomic mass is 16.5. The van der Waals surface area contributed by atoms with Gasteiger partial charge in [0.25, 0.3) is 0 Å². The molecule has 4 aromatic rings. The first-order valence-corrected chi connectivity index (χ1v) is 12.9. The normalized spacial score (nSPS) is 20.6. The summed E-state index contributed by atoms with van der Waals surface area (Å²) in [6.07, 6.45) is 4.53. The van der Waals surface area contributed by atoms with E-state index in [1.807, 2.05) is 10.7 Å². The summed E-state index contributed by atoms with van der Waals surface area (Å²) in [4.78, 5) is 13.3. The zero-order valence-corrected chi connectivity index (χ0v) is 20.0. The first kappa shape index (κ1) is 21.4. The molecule has 3 aromatic heterocycles. The largest absolute Gasteiger partial charge is 0.381 e. The van der Waals surface area contributed by atoms with E-state index in [9.17, 15) is 0 Å². The van der Waals surface area contributed by atoms with Crippen LogP contribution in [0, 0.1) is 11.8 Å². The molecular formula is C27H32N6O2. The summed E-state index contributed by atoms with van der Waals surface area (Å²) in [5.74, 6) is 2.71. The highest BCUT2D eigenvalue weighted by Crippen LogP contribution is 2.32. The maximum Gasteiger partial charge on any atom is 0.158 e. The Morgan fingerprint density at radius 2 is 1.80 bits per heavy atom. The topological polar surface area (TPSA) is 70.9 Å². The monoisotopic (exact) mass is 472 g/mol. The van der Waals surface area contributed by atoms with Crippen molar-refractivity contribution in [2.45, 2.75) is 19.4 Å². The van der Waals surface area contributed by atoms with Crippen molar-refractivity contribution >= 4 is 22.4 Å². The lowest BCUT2D eigenvalue weighted by molar-refractivity contribution is -0.0726. The van der Waals surface area contributed by atoms with Crippen molar-refractivity contribution in [2.75, 3.05) is 57.5 Å². The first-order valence-electron chi connectivity index (χ1n) is 12.9. The third-order valence-corrected chi connectivity index (χ3v) is 8.01. The average Bonchev–Trinajstić information content (AvgIpc) is 3.50. The number of aromatic nitrogens is 4. The second kappa shape index (κ2) is 8.93. The van der Waals surface area contributed by atoms with Crippen molar-refractivity contribution in [3.8, 4) is 11.3 Å². The van der Waals surface area contributed by atoms with Gasteiger partial charge in [0, 0.05) is 60.3 Å². The third kappa shape index (κ3) is 3.99. The van der Waals surface area contributed by atoms with Gasteiger partial charge in [-0.05, 0) is 44.0 Å². The molecule has 3 saturated heterocycles. The molecule has 182 valence electrons. The van der Waals surface area contributed by atoms with E-state index >= 15 is 0 Å². The maximum absolute atomic E-state index is 5.63. The Kier molecular flexibility index (Phi) is 5.45. The lowest BCUT2D eigenvalue weighted by atomic mass is 9.83. The molecule has 3 aliphatic heterocycles. The highest BCUT2D eigenvalue weighted by molar-refractivity contribution is 5.94. The predicted octanol–water partition coefficient (Wildman–Crippen LogP) is 3.57. The van der Waals surface area contributed by atoms with E-state index in [-0.39, 0.29) is 0 Å². The minimum Gasteiger partial charge on any atom is -0.381 e. The van der Waals surface area contributed by atoms with Crippen LogP contribution in [-0.4, -0.2) is 77.1 Å². The number of nitrogens with zero attached hydrogens (tertiary/aromatic N) is 5. The second-order valence-corrected chi connectivity index (χ2v) is 10.2. The molecule has 8 heteroatoms. The van der Waals surface area contributed by atoms with E-state index in [2.05, 4.69) is 51.2 Å². The van der Waals surface area contributed by atoms with Gasteiger partial charge in [-0.2, -0.15) is 9.61 Å². The number of piperidine rings is 1. The minimum absolute atomic E-state index is 0.738. The van der Waals surface area contributed by atoms with E-state index in [4.69, 9.17) is 19.6 Å². The maximum atomic E-state index is 5.63. The Balaban J connectivity index is 1.22. The number of aromatic amines is 1. The number of ether oxygens (including phenoxy) is 2. The van der Waals surface area contributed by atoms with Crippen LogP contribution in [0.25, 0.3) is 27.8 Å². The van der Waals surface area contributed by atoms with E-state index in [0.29, 0.717) is 0 Å². The summed E-state index contributed by atoms with van der Waals surface area (Å²) in [5.41, 5.74) is 5.26. The molecule has 6 heterocycles. The number of nitrogens with one attached hydrogen (secondary N) is 1. The molecule has 0 aliphatic carbocycles. The molecule has 7 rings (SSSR count). The van der Waals surface area contributed by atoms with Crippen molar-refractivity contribution in [1.82, 2.24) is 24.5 Å². The number of fused-ring (bicyclic) bond motifs is 2. The van der Waals surface area contributed by atoms with Crippen LogP contribution in [0.1, 0.15) is 18.5 Å². The number of hydrogen-bond acceptors (Lipinski definition) is 6. The fourth-order valence-electron chi connectivity index (χ4n) is 5.89. The Hall–Kier alpha value is -2.94. The summed E-state index contributed by atoms with van der Waals surface area (Å²) < 4.78 is 13.1. The number of H-pyrrole nitrogens is 1. The molecule has 1 aromatic carbocycles. The van der Waals surface area contributed by atoms with Gasteiger partial charge in [0.05, 0.1) is 37.8 Å². The Labute approximate surface area is 204 Å². The minimum atomic E-state index is 0.738. The van der Waals surface area contributed by atoms with E-state index in [1.165, 1.54) is 18.2 Å². The van der Waals surface area contributed by atoms with Gasteiger partial charge in [0.1, 0.15) is 5.82 Å². The van der Waals surface area contributed by atoms with Gasteiger partial charge in [-0.1, -0.05) is 12.1 Å². The van der Waals surface area contributed by atoms with Crippen molar-refractivity contribution in [2.24, 2.45) is 11.8 Å². The van der Waals surface area contributed by atoms with Crippen molar-refractivity contribution < 1.29 is 9.47 Å². The molecule has 1 N–H and O–H groups in total. The molecule has 0 bridgehead atoms. The lowest BCUT2D eigenvalue weighted by Gasteiger charge is -2.39. The van der Waals surface area contributed by atoms with Gasteiger partial charge < -0.3 is 19.4 Å². The zero-order valence-electron chi connectivity index (χ0n) is 20.0. The van der Waals surface area contributed by atoms with Crippen molar-refractivity contribution in [3.05, 3.63) is 48.3 Å². The standard InChI is InChI=1S/C27H32N6O2/c1-2-22(23-4-7-28-24(23)3-1)25-15-27(32-10-12-34-13-11-32)33-26(29-25)14-21(30-33)16-31-8-5-19(6-9-31)20-17-35-18-20/h1-4,7,14-15,19-20,28H,5-6,8-13,16-18H2. The lowest BCUT2D eigenvalue weighted by Crippen LogP contribution is -2.41. The molecule has 0 spiro atoms. The molecule has 3 fully saturated rings. The Morgan fingerprint density at radius 3 is 2.60 bits per heavy atom. The van der Waals surface area contributed by atoms with E-state index in [1.54, 1.807) is 0 Å². The number of likely N-dealkylation sites (tertiary alicyclic amines) is 1. The van der Waals surface area contributed by atoms with Crippen LogP contribution < -0.4 is 4.90 Å². The molecule has 3 aliphatic rings. The van der Waals surface area contributed by atoms with E-state index < -0.39 is 0 Å². The molecule has 0 unspecified atom stereocenters. The fourth-order valence-corrected chi connectivity index (χ4v) is 5.89. The van der Waals surface area contributed by atoms with Gasteiger partial charge in [0.15, 0.2) is 5.65 Å². The Bertz CT molecular complexity index is 1330. The number of hydrogen-bond donors (Lipinski definition) is 1. The van der Waals surface area contributed by atoms with Crippen LogP contribution in [0.3, 0.4) is 0 Å². The van der Waals surface area contributed by atoms with Gasteiger partial charge >= 0.3 is 0 Å². The molecule has 0 amide bonds. The van der Waals surface area contributed by atoms with Crippen LogP contribution in [0.2, 0.25) is 0 Å². The zero-order chi connectivity index (χ0) is 23.2. The van der Waals surface area contributed by atoms with Gasteiger partial charge in [-0.25, -0.2) is 4.98 Å². The number of anilines is 1. The quantitative estimate of drug-likeness (QED) is 0.479. The second-order valence-electron chi connectivity index (χ2n) is 10.2. The highest BCUT2D eigenvalue weighted by Gasteiger charge is 2.31. The van der Waals surface area contributed by atoms with Crippen LogP contribution in [0.4, 0.5) is 5.82 Å².